The number of thioether (sulfide) groups is 1. The summed E-state index contributed by atoms with van der Waals surface area (Å²) in [4.78, 5) is 23.7. The number of β-lactam (4-membered cyclic amide) rings is 1. The minimum absolute atomic E-state index is 0.00662. The Morgan fingerprint density at radius 3 is 3.00 bits per heavy atom. The summed E-state index contributed by atoms with van der Waals surface area (Å²) in [5.41, 5.74) is 0. The summed E-state index contributed by atoms with van der Waals surface area (Å²) in [6.07, 6.45) is 0.578. The lowest BCUT2D eigenvalue weighted by molar-refractivity contribution is -0.164. The fraction of sp³-hybridized carbons (Fsp3) is 0.750. The first-order chi connectivity index (χ1) is 6.13. The number of nitrogens with zero attached hydrogens (tertiary/aromatic N) is 1. The van der Waals surface area contributed by atoms with Crippen LogP contribution in [0.5, 0.6) is 0 Å². The third kappa shape index (κ3) is 1.14. The highest BCUT2D eigenvalue weighted by atomic mass is 32.2. The largest absolute Gasteiger partial charge is 0.480 e. The van der Waals surface area contributed by atoms with E-state index in [1.807, 2.05) is 6.92 Å². The topological polar surface area (TPSA) is 57.6 Å². The van der Waals surface area contributed by atoms with Crippen LogP contribution >= 0.6 is 11.8 Å². The average molecular weight is 201 g/mol. The van der Waals surface area contributed by atoms with Crippen molar-refractivity contribution in [2.24, 2.45) is 5.92 Å². The molecule has 0 aliphatic carbocycles. The van der Waals surface area contributed by atoms with Crippen LogP contribution in [0.3, 0.4) is 0 Å². The first kappa shape index (κ1) is 8.87. The second kappa shape index (κ2) is 2.90. The van der Waals surface area contributed by atoms with Gasteiger partial charge in [-0.2, -0.15) is 0 Å². The van der Waals surface area contributed by atoms with Crippen LogP contribution in [0, 0.1) is 5.92 Å². The zero-order chi connectivity index (χ0) is 9.59. The Hall–Kier alpha value is -0.710. The van der Waals surface area contributed by atoms with Crippen molar-refractivity contribution < 1.29 is 14.7 Å². The van der Waals surface area contributed by atoms with Crippen molar-refractivity contribution in [2.75, 3.05) is 5.75 Å². The van der Waals surface area contributed by atoms with Crippen molar-refractivity contribution >= 4 is 23.6 Å². The molecule has 4 nitrogen and oxygen atoms in total. The minimum Gasteiger partial charge on any atom is -0.480 e. The normalized spacial score (nSPS) is 38.1. The fourth-order valence-electron chi connectivity index (χ4n) is 1.88. The first-order valence-corrected chi connectivity index (χ1v) is 5.34. The number of carboxylic acids is 1. The van der Waals surface area contributed by atoms with Gasteiger partial charge < -0.3 is 10.0 Å². The maximum absolute atomic E-state index is 11.4. The molecule has 0 radical (unpaired) electrons. The van der Waals surface area contributed by atoms with Crippen molar-refractivity contribution in [1.29, 1.82) is 0 Å². The van der Waals surface area contributed by atoms with E-state index in [0.717, 1.165) is 5.75 Å². The molecule has 2 heterocycles. The molecule has 1 N–H and O–H groups in total. The summed E-state index contributed by atoms with van der Waals surface area (Å²) in [7, 11) is 0. The average Bonchev–Trinajstić information content (AvgIpc) is 2.15. The number of carbonyl (C=O) groups excluding carboxylic acids is 1. The molecule has 2 saturated heterocycles. The van der Waals surface area contributed by atoms with E-state index in [0.29, 0.717) is 6.42 Å². The highest BCUT2D eigenvalue weighted by Gasteiger charge is 2.51. The SMILES string of the molecule is CC1C(=O)N2C(C(=O)O)CCSC12. The minimum atomic E-state index is -0.870. The van der Waals surface area contributed by atoms with E-state index in [9.17, 15) is 9.59 Å². The summed E-state index contributed by atoms with van der Waals surface area (Å²) in [5, 5.41) is 8.97. The molecule has 0 aromatic rings. The lowest BCUT2D eigenvalue weighted by atomic mass is 9.96. The van der Waals surface area contributed by atoms with Crippen molar-refractivity contribution in [3.05, 3.63) is 0 Å². The van der Waals surface area contributed by atoms with Crippen molar-refractivity contribution in [3.8, 4) is 0 Å². The van der Waals surface area contributed by atoms with E-state index in [1.54, 1.807) is 11.8 Å². The molecule has 2 rings (SSSR count). The van der Waals surface area contributed by atoms with Gasteiger partial charge in [-0.05, 0) is 12.2 Å². The van der Waals surface area contributed by atoms with Crippen LogP contribution in [0.25, 0.3) is 0 Å². The van der Waals surface area contributed by atoms with E-state index in [-0.39, 0.29) is 17.2 Å². The molecule has 2 fully saturated rings. The van der Waals surface area contributed by atoms with Gasteiger partial charge in [0.15, 0.2) is 0 Å². The Kier molecular flexibility index (Phi) is 1.98. The Labute approximate surface area is 80.3 Å². The Balaban J connectivity index is 2.16. The highest BCUT2D eigenvalue weighted by Crippen LogP contribution is 2.41. The lowest BCUT2D eigenvalue weighted by Gasteiger charge is -2.51. The second-order valence-corrected chi connectivity index (χ2v) is 4.66. The number of fused-ring (bicyclic) bond motifs is 1. The zero-order valence-corrected chi connectivity index (χ0v) is 8.08. The van der Waals surface area contributed by atoms with Gasteiger partial charge in [0.25, 0.3) is 0 Å². The van der Waals surface area contributed by atoms with Gasteiger partial charge in [0.2, 0.25) is 5.91 Å². The van der Waals surface area contributed by atoms with Crippen LogP contribution in [0.15, 0.2) is 0 Å². The molecule has 0 spiro atoms. The number of carbonyl (C=O) groups is 2. The van der Waals surface area contributed by atoms with Gasteiger partial charge in [0.05, 0.1) is 11.3 Å². The van der Waals surface area contributed by atoms with Gasteiger partial charge in [0.1, 0.15) is 6.04 Å². The number of hydrogen-bond donors (Lipinski definition) is 1. The third-order valence-corrected chi connectivity index (χ3v) is 4.09. The van der Waals surface area contributed by atoms with Crippen LogP contribution in [0.4, 0.5) is 0 Å². The fourth-order valence-corrected chi connectivity index (χ4v) is 3.30. The smallest absolute Gasteiger partial charge is 0.326 e. The van der Waals surface area contributed by atoms with E-state index >= 15 is 0 Å². The van der Waals surface area contributed by atoms with Crippen LogP contribution in [-0.4, -0.2) is 39.1 Å². The number of rotatable bonds is 1. The van der Waals surface area contributed by atoms with Gasteiger partial charge in [-0.15, -0.1) is 11.8 Å². The van der Waals surface area contributed by atoms with Crippen LogP contribution in [0.1, 0.15) is 13.3 Å². The van der Waals surface area contributed by atoms with Gasteiger partial charge in [-0.25, -0.2) is 4.79 Å². The van der Waals surface area contributed by atoms with Crippen LogP contribution in [0.2, 0.25) is 0 Å². The standard InChI is InChI=1S/C8H11NO3S/c1-4-6(10)9-5(8(11)12)2-3-13-7(4)9/h4-5,7H,2-3H2,1H3,(H,11,12). The Bertz CT molecular complexity index is 268. The summed E-state index contributed by atoms with van der Waals surface area (Å²) in [6.45, 7) is 1.86. The molecule has 3 atom stereocenters. The number of amides is 1. The predicted octanol–water partition coefficient (Wildman–Crippen LogP) is 0.381. The summed E-state index contributed by atoms with van der Waals surface area (Å²) in [6, 6.07) is -0.574. The molecule has 2 aliphatic rings. The molecule has 5 heteroatoms. The summed E-state index contributed by atoms with van der Waals surface area (Å²) < 4.78 is 0. The zero-order valence-electron chi connectivity index (χ0n) is 7.27. The second-order valence-electron chi connectivity index (χ2n) is 3.44. The third-order valence-electron chi connectivity index (χ3n) is 2.65. The van der Waals surface area contributed by atoms with Crippen molar-refractivity contribution in [2.45, 2.75) is 24.8 Å². The number of aliphatic carboxylic acids is 1. The van der Waals surface area contributed by atoms with Gasteiger partial charge in [-0.3, -0.25) is 4.79 Å². The monoisotopic (exact) mass is 201 g/mol. The van der Waals surface area contributed by atoms with E-state index < -0.39 is 12.0 Å². The molecule has 1 amide bonds. The maximum Gasteiger partial charge on any atom is 0.326 e. The van der Waals surface area contributed by atoms with Crippen molar-refractivity contribution in [3.63, 3.8) is 0 Å². The quantitative estimate of drug-likeness (QED) is 0.623. The summed E-state index contributed by atoms with van der Waals surface area (Å²) in [5.74, 6) is -0.0299. The van der Waals surface area contributed by atoms with Crippen LogP contribution in [-0.2, 0) is 9.59 Å². The molecule has 72 valence electrons. The molecule has 0 aromatic heterocycles. The molecule has 3 unspecified atom stereocenters. The number of hydrogen-bond acceptors (Lipinski definition) is 3. The molecule has 0 aromatic carbocycles. The van der Waals surface area contributed by atoms with Gasteiger partial charge in [0, 0.05) is 0 Å². The molecule has 0 saturated carbocycles. The Morgan fingerprint density at radius 1 is 1.69 bits per heavy atom. The molecule has 0 bridgehead atoms. The molecule has 2 aliphatic heterocycles. The van der Waals surface area contributed by atoms with Gasteiger partial charge >= 0.3 is 5.97 Å². The van der Waals surface area contributed by atoms with Crippen molar-refractivity contribution in [1.82, 2.24) is 4.90 Å². The molecular weight excluding hydrogens is 190 g/mol. The first-order valence-electron chi connectivity index (χ1n) is 4.29. The van der Waals surface area contributed by atoms with E-state index in [4.69, 9.17) is 5.11 Å². The predicted molar refractivity (Wildman–Crippen MR) is 48.3 cm³/mol. The number of carboxylic acid groups (broad SMARTS) is 1. The van der Waals surface area contributed by atoms with Gasteiger partial charge in [-0.1, -0.05) is 6.92 Å². The maximum atomic E-state index is 11.4. The highest BCUT2D eigenvalue weighted by molar-refractivity contribution is 8.00. The molecule has 13 heavy (non-hydrogen) atoms. The molecular formula is C8H11NO3S. The Morgan fingerprint density at radius 2 is 2.38 bits per heavy atom. The van der Waals surface area contributed by atoms with E-state index in [1.165, 1.54) is 4.90 Å². The van der Waals surface area contributed by atoms with E-state index in [2.05, 4.69) is 0 Å². The lowest BCUT2D eigenvalue weighted by Crippen LogP contribution is -2.65. The summed E-state index contributed by atoms with van der Waals surface area (Å²) >= 11 is 1.69. The van der Waals surface area contributed by atoms with Crippen LogP contribution < -0.4 is 0 Å².